The lowest BCUT2D eigenvalue weighted by Crippen LogP contribution is -2.78. The highest BCUT2D eigenvalue weighted by atomic mass is 16.6. The first-order valence-corrected chi connectivity index (χ1v) is 16.9. The van der Waals surface area contributed by atoms with Crippen molar-refractivity contribution in [3.63, 3.8) is 0 Å². The van der Waals surface area contributed by atoms with Gasteiger partial charge in [0, 0.05) is 48.0 Å². The number of pyridine rings is 2. The molecule has 11 heteroatoms. The predicted octanol–water partition coefficient (Wildman–Crippen LogP) is 5.70. The van der Waals surface area contributed by atoms with Crippen molar-refractivity contribution in [2.24, 2.45) is 16.7 Å². The molecule has 1 spiro atoms. The van der Waals surface area contributed by atoms with Gasteiger partial charge in [-0.15, -0.1) is 0 Å². The lowest BCUT2D eigenvalue weighted by atomic mass is 9.41. The number of hydrogen-bond acceptors (Lipinski definition) is 11. The predicted molar refractivity (Wildman–Crippen MR) is 178 cm³/mol. The summed E-state index contributed by atoms with van der Waals surface area (Å²) in [6.07, 6.45) is 6.35. The van der Waals surface area contributed by atoms with Crippen molar-refractivity contribution in [2.75, 3.05) is 6.61 Å². The van der Waals surface area contributed by atoms with E-state index in [4.69, 9.17) is 23.7 Å². The van der Waals surface area contributed by atoms with Crippen molar-refractivity contribution in [1.82, 2.24) is 9.97 Å². The summed E-state index contributed by atoms with van der Waals surface area (Å²) in [5.41, 5.74) is -2.53. The van der Waals surface area contributed by atoms with Gasteiger partial charge in [-0.25, -0.2) is 14.4 Å². The fourth-order valence-electron chi connectivity index (χ4n) is 8.95. The Kier molecular flexibility index (Phi) is 8.37. The Morgan fingerprint density at radius 3 is 1.96 bits per heavy atom. The van der Waals surface area contributed by atoms with Crippen molar-refractivity contribution in [3.8, 4) is 0 Å². The molecular formula is C39H40N2O9. The van der Waals surface area contributed by atoms with Crippen LogP contribution in [0.2, 0.25) is 0 Å². The third-order valence-corrected chi connectivity index (χ3v) is 11.8. The topological polar surface area (TPSA) is 140 Å². The summed E-state index contributed by atoms with van der Waals surface area (Å²) in [6.45, 7) is 7.90. The maximum atomic E-state index is 14.0. The number of ether oxygens (including phenoxy) is 5. The summed E-state index contributed by atoms with van der Waals surface area (Å²) in [5.74, 6) is -2.70. The van der Waals surface area contributed by atoms with Crippen LogP contribution < -0.4 is 0 Å². The van der Waals surface area contributed by atoms with Crippen molar-refractivity contribution in [2.45, 2.75) is 82.9 Å². The van der Waals surface area contributed by atoms with Crippen LogP contribution >= 0.6 is 0 Å². The zero-order valence-electron chi connectivity index (χ0n) is 28.5. The van der Waals surface area contributed by atoms with Gasteiger partial charge in [0.1, 0.15) is 23.9 Å². The molecule has 2 aliphatic carbocycles. The largest absolute Gasteiger partial charge is 0.463 e. The molecule has 4 heterocycles. The Morgan fingerprint density at radius 2 is 1.38 bits per heavy atom. The normalized spacial score (nSPS) is 34.4. The van der Waals surface area contributed by atoms with Crippen LogP contribution in [0.4, 0.5) is 0 Å². The number of carbonyl (C=O) groups excluding carboxylic acids is 4. The molecular weight excluding hydrogens is 640 g/mol. The van der Waals surface area contributed by atoms with Crippen molar-refractivity contribution in [3.05, 3.63) is 108 Å². The quantitative estimate of drug-likeness (QED) is 0.180. The maximum Gasteiger partial charge on any atom is 0.340 e. The Balaban J connectivity index is 1.40. The maximum absolute atomic E-state index is 14.0. The third kappa shape index (κ3) is 5.39. The average Bonchev–Trinajstić information content (AvgIpc) is 3.49. The highest BCUT2D eigenvalue weighted by molar-refractivity contribution is 5.90. The lowest BCUT2D eigenvalue weighted by Gasteiger charge is -2.70. The molecule has 1 aromatic carbocycles. The minimum absolute atomic E-state index is 0.0232. The van der Waals surface area contributed by atoms with E-state index in [1.807, 2.05) is 32.9 Å². The Morgan fingerprint density at radius 1 is 0.780 bits per heavy atom. The number of benzene rings is 1. The molecule has 50 heavy (non-hydrogen) atoms. The van der Waals surface area contributed by atoms with Crippen LogP contribution in [0.5, 0.6) is 0 Å². The summed E-state index contributed by atoms with van der Waals surface area (Å²) in [4.78, 5) is 62.4. The number of hydrogen-bond donors (Lipinski definition) is 0. The molecule has 0 radical (unpaired) electrons. The average molecular weight is 681 g/mol. The molecule has 0 N–H and O–H groups in total. The molecule has 2 saturated heterocycles. The minimum Gasteiger partial charge on any atom is -0.463 e. The number of carbonyl (C=O) groups is 4. The molecule has 2 aliphatic heterocycles. The first-order chi connectivity index (χ1) is 23.9. The fraction of sp³-hybridized carbons (Fsp3) is 0.436. The van der Waals surface area contributed by atoms with E-state index in [1.54, 1.807) is 60.9 Å². The van der Waals surface area contributed by atoms with Crippen LogP contribution in [0.3, 0.4) is 0 Å². The molecule has 0 unspecified atom stereocenters. The van der Waals surface area contributed by atoms with Crippen LogP contribution in [-0.2, 0) is 28.5 Å². The molecule has 8 atom stereocenters. The number of rotatable bonds is 6. The van der Waals surface area contributed by atoms with Gasteiger partial charge in [0.05, 0.1) is 23.1 Å². The Labute approximate surface area is 290 Å². The molecule has 3 fully saturated rings. The Bertz CT molecular complexity index is 1840. The van der Waals surface area contributed by atoms with E-state index in [2.05, 4.69) is 16.9 Å². The van der Waals surface area contributed by atoms with E-state index in [0.717, 1.165) is 5.57 Å². The minimum atomic E-state index is -1.38. The molecule has 0 amide bonds. The van der Waals surface area contributed by atoms with Gasteiger partial charge < -0.3 is 23.7 Å². The molecule has 11 nitrogen and oxygen atoms in total. The summed E-state index contributed by atoms with van der Waals surface area (Å²) >= 11 is 0. The van der Waals surface area contributed by atoms with E-state index >= 15 is 0 Å². The van der Waals surface area contributed by atoms with E-state index in [9.17, 15) is 19.2 Å². The lowest BCUT2D eigenvalue weighted by molar-refractivity contribution is -0.345. The van der Waals surface area contributed by atoms with Crippen LogP contribution in [0, 0.1) is 16.7 Å². The summed E-state index contributed by atoms with van der Waals surface area (Å²) in [7, 11) is 0. The molecule has 0 bridgehead atoms. The molecule has 260 valence electrons. The third-order valence-electron chi connectivity index (χ3n) is 11.8. The second kappa shape index (κ2) is 12.5. The summed E-state index contributed by atoms with van der Waals surface area (Å²) < 4.78 is 32.0. The van der Waals surface area contributed by atoms with Gasteiger partial charge in [-0.1, -0.05) is 43.7 Å². The van der Waals surface area contributed by atoms with E-state index in [0.29, 0.717) is 24.8 Å². The monoisotopic (exact) mass is 680 g/mol. The highest BCUT2D eigenvalue weighted by Gasteiger charge is 2.76. The van der Waals surface area contributed by atoms with Gasteiger partial charge in [-0.3, -0.25) is 14.8 Å². The van der Waals surface area contributed by atoms with Crippen molar-refractivity contribution < 1.29 is 42.9 Å². The molecule has 7 rings (SSSR count). The molecule has 2 aromatic heterocycles. The van der Waals surface area contributed by atoms with E-state index in [1.165, 1.54) is 12.4 Å². The first kappa shape index (κ1) is 33.6. The van der Waals surface area contributed by atoms with Crippen LogP contribution in [0.15, 0.2) is 91.0 Å². The standard InChI is InChI=1S/C39H40N2O9/c1-24-14-15-28(47-33(43)25-10-6-5-7-11-25)30-36(2)16-17-39(20-29(42)46-23-39)50-38(36,4)32(49-35(45)27-13-9-19-41-22-27)31(37(24,30)3)48-34(44)26-12-8-18-40-21-26/h5-14,18-19,21-22,28,30-32H,15-17,20,23H2,1-4H3/t28-,30-,31+,32+,36-,37+,38+,39+/m1/s1. The zero-order valence-corrected chi connectivity index (χ0v) is 28.5. The fourth-order valence-corrected chi connectivity index (χ4v) is 8.95. The zero-order chi connectivity index (χ0) is 35.3. The first-order valence-electron chi connectivity index (χ1n) is 16.9. The molecule has 1 saturated carbocycles. The van der Waals surface area contributed by atoms with Gasteiger partial charge >= 0.3 is 23.9 Å². The second-order valence-corrected chi connectivity index (χ2v) is 14.5. The second-order valence-electron chi connectivity index (χ2n) is 14.5. The van der Waals surface area contributed by atoms with Gasteiger partial charge in [-0.05, 0) is 63.1 Å². The van der Waals surface area contributed by atoms with Gasteiger partial charge in [0.25, 0.3) is 0 Å². The number of cyclic esters (lactones) is 1. The Hall–Kier alpha value is -4.90. The SMILES string of the molecule is CC1=CC[C@@H](OC(=O)c2ccccc2)[C@H]2[C@@]1(C)[C@@H](OC(=O)c1cccnc1)[C@H](OC(=O)c1cccnc1)[C@]1(C)O[C@]3(CC[C@]21C)COC(=O)C3. The number of nitrogens with zero attached hydrogens (tertiary/aromatic N) is 2. The number of esters is 4. The van der Waals surface area contributed by atoms with Gasteiger partial charge in [0.2, 0.25) is 0 Å². The number of aromatic nitrogens is 2. The van der Waals surface area contributed by atoms with Gasteiger partial charge in [0.15, 0.2) is 12.2 Å². The van der Waals surface area contributed by atoms with Crippen LogP contribution in [-0.4, -0.2) is 70.0 Å². The van der Waals surface area contributed by atoms with E-state index < -0.39 is 64.2 Å². The van der Waals surface area contributed by atoms with Crippen molar-refractivity contribution in [1.29, 1.82) is 0 Å². The van der Waals surface area contributed by atoms with Crippen LogP contribution in [0.25, 0.3) is 0 Å². The van der Waals surface area contributed by atoms with E-state index in [-0.39, 0.29) is 30.1 Å². The van der Waals surface area contributed by atoms with Gasteiger partial charge in [-0.2, -0.15) is 0 Å². The highest BCUT2D eigenvalue weighted by Crippen LogP contribution is 2.69. The smallest absolute Gasteiger partial charge is 0.340 e. The molecule has 4 aliphatic rings. The summed E-state index contributed by atoms with van der Waals surface area (Å²) in [6, 6.07) is 15.3. The molecule has 3 aromatic rings. The summed E-state index contributed by atoms with van der Waals surface area (Å²) in [5, 5.41) is 0. The number of fused-ring (bicyclic) bond motifs is 3. The van der Waals surface area contributed by atoms with Crippen LogP contribution in [0.1, 0.15) is 84.5 Å². The van der Waals surface area contributed by atoms with Crippen molar-refractivity contribution >= 4 is 23.9 Å².